The Kier molecular flexibility index (Phi) is 6.11. The van der Waals surface area contributed by atoms with Crippen LogP contribution in [-0.2, 0) is 4.84 Å². The van der Waals surface area contributed by atoms with Crippen molar-refractivity contribution in [3.63, 3.8) is 0 Å². The van der Waals surface area contributed by atoms with Crippen LogP contribution in [0.15, 0.2) is 47.6 Å². The molecule has 1 aliphatic carbocycles. The summed E-state index contributed by atoms with van der Waals surface area (Å²) in [6, 6.07) is 11.2. The Hall–Kier alpha value is -3.09. The molecule has 2 aliphatic rings. The van der Waals surface area contributed by atoms with E-state index in [4.69, 9.17) is 14.3 Å². The topological polar surface area (TPSA) is 69.2 Å². The molecule has 0 radical (unpaired) electrons. The number of oxime groups is 1. The highest BCUT2D eigenvalue weighted by atomic mass is 19.1. The highest BCUT2D eigenvalue weighted by molar-refractivity contribution is 6.02. The van der Waals surface area contributed by atoms with Gasteiger partial charge in [0.05, 0.1) is 25.5 Å². The molecule has 0 bridgehead atoms. The van der Waals surface area contributed by atoms with Crippen LogP contribution in [0.5, 0.6) is 11.5 Å². The van der Waals surface area contributed by atoms with E-state index in [0.717, 1.165) is 24.1 Å². The summed E-state index contributed by atoms with van der Waals surface area (Å²) in [5.41, 5.74) is 1.42. The van der Waals surface area contributed by atoms with Gasteiger partial charge in [-0.3, -0.25) is 4.79 Å². The van der Waals surface area contributed by atoms with Crippen molar-refractivity contribution in [1.82, 2.24) is 5.32 Å². The van der Waals surface area contributed by atoms with E-state index < -0.39 is 5.60 Å². The second-order valence-corrected chi connectivity index (χ2v) is 8.34. The first kappa shape index (κ1) is 21.2. The Morgan fingerprint density at radius 2 is 1.94 bits per heavy atom. The standard InChI is InChI=1S/C24H27FN2O4/c1-24(15-26-23(28)16-7-10-18(25)11-8-16)14-20(27-31-24)17-9-12-21(29-2)22(13-17)30-19-5-3-4-6-19/h7-13,19H,3-6,14-15H2,1-2H3,(H,26,28). The monoisotopic (exact) mass is 426 g/mol. The molecule has 4 rings (SSSR count). The van der Waals surface area contributed by atoms with Gasteiger partial charge in [-0.2, -0.15) is 0 Å². The van der Waals surface area contributed by atoms with Crippen molar-refractivity contribution in [2.75, 3.05) is 13.7 Å². The molecule has 1 unspecified atom stereocenters. The fourth-order valence-corrected chi connectivity index (χ4v) is 3.94. The highest BCUT2D eigenvalue weighted by Crippen LogP contribution is 2.34. The summed E-state index contributed by atoms with van der Waals surface area (Å²) in [5, 5.41) is 7.12. The third-order valence-corrected chi connectivity index (χ3v) is 5.74. The fraction of sp³-hybridized carbons (Fsp3) is 0.417. The van der Waals surface area contributed by atoms with Gasteiger partial charge in [-0.1, -0.05) is 5.16 Å². The maximum atomic E-state index is 13.1. The molecule has 6 nitrogen and oxygen atoms in total. The number of hydrogen-bond donors (Lipinski definition) is 1. The molecular formula is C24H27FN2O4. The smallest absolute Gasteiger partial charge is 0.251 e. The fourth-order valence-electron chi connectivity index (χ4n) is 3.94. The maximum Gasteiger partial charge on any atom is 0.251 e. The van der Waals surface area contributed by atoms with E-state index in [-0.39, 0.29) is 24.4 Å². The lowest BCUT2D eigenvalue weighted by Gasteiger charge is -2.22. The van der Waals surface area contributed by atoms with Gasteiger partial charge in [0, 0.05) is 17.5 Å². The second-order valence-electron chi connectivity index (χ2n) is 8.34. The van der Waals surface area contributed by atoms with Crippen LogP contribution < -0.4 is 14.8 Å². The molecule has 2 aromatic carbocycles. The first-order valence-electron chi connectivity index (χ1n) is 10.6. The van der Waals surface area contributed by atoms with Crippen LogP contribution in [0.25, 0.3) is 0 Å². The Bertz CT molecular complexity index is 970. The summed E-state index contributed by atoms with van der Waals surface area (Å²) in [6.07, 6.45) is 5.25. The molecule has 1 N–H and O–H groups in total. The lowest BCUT2D eigenvalue weighted by Crippen LogP contribution is -2.40. The summed E-state index contributed by atoms with van der Waals surface area (Å²) in [4.78, 5) is 18.0. The number of carbonyl (C=O) groups is 1. The number of carbonyl (C=O) groups excluding carboxylic acids is 1. The molecular weight excluding hydrogens is 399 g/mol. The number of nitrogens with one attached hydrogen (secondary N) is 1. The van der Waals surface area contributed by atoms with E-state index in [1.807, 2.05) is 25.1 Å². The number of hydrogen-bond acceptors (Lipinski definition) is 5. The summed E-state index contributed by atoms with van der Waals surface area (Å²) in [5.74, 6) is 0.753. The minimum atomic E-state index is -0.669. The minimum Gasteiger partial charge on any atom is -0.493 e. The average Bonchev–Trinajstić information content (AvgIpc) is 3.43. The van der Waals surface area contributed by atoms with E-state index in [9.17, 15) is 9.18 Å². The van der Waals surface area contributed by atoms with Crippen LogP contribution >= 0.6 is 0 Å². The maximum absolute atomic E-state index is 13.1. The van der Waals surface area contributed by atoms with E-state index in [1.165, 1.54) is 37.1 Å². The SMILES string of the molecule is COc1ccc(C2=NOC(C)(CNC(=O)c3ccc(F)cc3)C2)cc1OC1CCCC1. The lowest BCUT2D eigenvalue weighted by atomic mass is 9.95. The minimum absolute atomic E-state index is 0.220. The Balaban J connectivity index is 1.40. The molecule has 0 spiro atoms. The number of methoxy groups -OCH3 is 1. The molecule has 7 heteroatoms. The van der Waals surface area contributed by atoms with Crippen LogP contribution in [-0.4, -0.2) is 37.0 Å². The lowest BCUT2D eigenvalue weighted by molar-refractivity contribution is -0.00181. The van der Waals surface area contributed by atoms with Crippen molar-refractivity contribution in [3.05, 3.63) is 59.4 Å². The van der Waals surface area contributed by atoms with Gasteiger partial charge in [-0.25, -0.2) is 4.39 Å². The van der Waals surface area contributed by atoms with Gasteiger partial charge in [0.25, 0.3) is 5.91 Å². The van der Waals surface area contributed by atoms with Gasteiger partial charge in [0.1, 0.15) is 5.82 Å². The van der Waals surface area contributed by atoms with Crippen molar-refractivity contribution in [2.24, 2.45) is 5.16 Å². The van der Waals surface area contributed by atoms with E-state index >= 15 is 0 Å². The predicted molar refractivity (Wildman–Crippen MR) is 115 cm³/mol. The number of nitrogens with zero attached hydrogens (tertiary/aromatic N) is 1. The van der Waals surface area contributed by atoms with E-state index in [2.05, 4.69) is 10.5 Å². The first-order chi connectivity index (χ1) is 15.0. The Morgan fingerprint density at radius 3 is 2.65 bits per heavy atom. The molecule has 1 fully saturated rings. The zero-order valence-electron chi connectivity index (χ0n) is 17.8. The van der Waals surface area contributed by atoms with Crippen LogP contribution in [0.4, 0.5) is 4.39 Å². The second kappa shape index (κ2) is 8.96. The van der Waals surface area contributed by atoms with Crippen LogP contribution in [0.3, 0.4) is 0 Å². The van der Waals surface area contributed by atoms with Crippen LogP contribution in [0.1, 0.15) is 54.9 Å². The molecule has 31 heavy (non-hydrogen) atoms. The quantitative estimate of drug-likeness (QED) is 0.709. The largest absolute Gasteiger partial charge is 0.493 e. The molecule has 0 saturated heterocycles. The number of amides is 1. The number of benzene rings is 2. The Labute approximate surface area is 181 Å². The number of halogens is 1. The highest BCUT2D eigenvalue weighted by Gasteiger charge is 2.35. The van der Waals surface area contributed by atoms with Gasteiger partial charge >= 0.3 is 0 Å². The van der Waals surface area contributed by atoms with Crippen molar-refractivity contribution in [2.45, 2.75) is 50.7 Å². The molecule has 1 aliphatic heterocycles. The van der Waals surface area contributed by atoms with Crippen LogP contribution in [0.2, 0.25) is 0 Å². The summed E-state index contributed by atoms with van der Waals surface area (Å²) >= 11 is 0. The first-order valence-corrected chi connectivity index (χ1v) is 10.6. The normalized spacial score (nSPS) is 20.8. The van der Waals surface area contributed by atoms with Crippen molar-refractivity contribution >= 4 is 11.6 Å². The summed E-state index contributed by atoms with van der Waals surface area (Å²) < 4.78 is 24.7. The molecule has 1 atom stereocenters. The zero-order valence-corrected chi connectivity index (χ0v) is 17.8. The van der Waals surface area contributed by atoms with Gasteiger partial charge in [0.15, 0.2) is 17.1 Å². The molecule has 1 saturated carbocycles. The number of ether oxygens (including phenoxy) is 2. The van der Waals surface area contributed by atoms with Gasteiger partial charge < -0.3 is 19.6 Å². The number of rotatable bonds is 7. The Morgan fingerprint density at radius 1 is 1.19 bits per heavy atom. The summed E-state index contributed by atoms with van der Waals surface area (Å²) in [7, 11) is 1.63. The van der Waals surface area contributed by atoms with Crippen molar-refractivity contribution in [3.8, 4) is 11.5 Å². The molecule has 1 amide bonds. The average molecular weight is 426 g/mol. The summed E-state index contributed by atoms with van der Waals surface area (Å²) in [6.45, 7) is 2.17. The van der Waals surface area contributed by atoms with E-state index in [1.54, 1.807) is 7.11 Å². The third-order valence-electron chi connectivity index (χ3n) is 5.74. The molecule has 1 heterocycles. The van der Waals surface area contributed by atoms with Crippen molar-refractivity contribution < 1.29 is 23.5 Å². The predicted octanol–water partition coefficient (Wildman–Crippen LogP) is 4.47. The zero-order chi connectivity index (χ0) is 21.8. The van der Waals surface area contributed by atoms with E-state index in [0.29, 0.717) is 23.5 Å². The van der Waals surface area contributed by atoms with Crippen LogP contribution in [0, 0.1) is 5.82 Å². The van der Waals surface area contributed by atoms with Gasteiger partial charge in [-0.05, 0) is 75.1 Å². The van der Waals surface area contributed by atoms with Gasteiger partial charge in [-0.15, -0.1) is 0 Å². The molecule has 0 aromatic heterocycles. The molecule has 164 valence electrons. The van der Waals surface area contributed by atoms with Gasteiger partial charge in [0.2, 0.25) is 0 Å². The van der Waals surface area contributed by atoms with Crippen molar-refractivity contribution in [1.29, 1.82) is 0 Å². The molecule has 2 aromatic rings. The third kappa shape index (κ3) is 4.98.